The lowest BCUT2D eigenvalue weighted by Gasteiger charge is -2.34. The molecule has 0 aromatic heterocycles. The average molecular weight is 261 g/mol. The van der Waals surface area contributed by atoms with E-state index in [9.17, 15) is 15.5 Å². The summed E-state index contributed by atoms with van der Waals surface area (Å²) in [4.78, 5) is 0. The van der Waals surface area contributed by atoms with Gasteiger partial charge in [0.15, 0.2) is 0 Å². The molecule has 3 nitrogen and oxygen atoms in total. The van der Waals surface area contributed by atoms with Crippen LogP contribution >= 0.6 is 0 Å². The summed E-state index contributed by atoms with van der Waals surface area (Å²) < 4.78 is 0. The zero-order valence-electron chi connectivity index (χ0n) is 12.1. The summed E-state index contributed by atoms with van der Waals surface area (Å²) in [6.45, 7) is 7.46. The molecule has 0 heterocycles. The molecule has 3 heteroatoms. The summed E-state index contributed by atoms with van der Waals surface area (Å²) in [5, 5.41) is 30.0. The standard InChI is InChI=1S/C16H23NO2/c1-15(2,3)13(18)10-16(4,11-17)14(19)12-8-6-5-7-9-12/h5-9,13-14,18-19H,10H2,1-4H3/t13-,14-,16-/m1/s1. The maximum Gasteiger partial charge on any atom is 0.0974 e. The van der Waals surface area contributed by atoms with Gasteiger partial charge in [-0.15, -0.1) is 0 Å². The summed E-state index contributed by atoms with van der Waals surface area (Å²) in [5.74, 6) is 0. The molecule has 0 aliphatic rings. The van der Waals surface area contributed by atoms with E-state index >= 15 is 0 Å². The van der Waals surface area contributed by atoms with Crippen molar-refractivity contribution in [1.82, 2.24) is 0 Å². The third kappa shape index (κ3) is 3.79. The first-order chi connectivity index (χ1) is 8.70. The van der Waals surface area contributed by atoms with Gasteiger partial charge in [-0.1, -0.05) is 51.1 Å². The van der Waals surface area contributed by atoms with E-state index in [1.807, 2.05) is 39.0 Å². The third-order valence-electron chi connectivity index (χ3n) is 3.59. The predicted molar refractivity (Wildman–Crippen MR) is 75.2 cm³/mol. The van der Waals surface area contributed by atoms with Gasteiger partial charge in [0, 0.05) is 0 Å². The molecule has 0 bridgehead atoms. The molecule has 1 rings (SSSR count). The van der Waals surface area contributed by atoms with Crippen LogP contribution in [-0.2, 0) is 0 Å². The van der Waals surface area contributed by atoms with Crippen molar-refractivity contribution in [3.63, 3.8) is 0 Å². The van der Waals surface area contributed by atoms with Crippen molar-refractivity contribution in [3.05, 3.63) is 35.9 Å². The topological polar surface area (TPSA) is 64.2 Å². The Bertz CT molecular complexity index is 444. The van der Waals surface area contributed by atoms with Crippen molar-refractivity contribution in [3.8, 4) is 6.07 Å². The van der Waals surface area contributed by atoms with Gasteiger partial charge in [0.05, 0.1) is 23.7 Å². The maximum absolute atomic E-state index is 10.4. The highest BCUT2D eigenvalue weighted by Crippen LogP contribution is 2.40. The number of nitrogens with zero attached hydrogens (tertiary/aromatic N) is 1. The second kappa shape index (κ2) is 5.73. The van der Waals surface area contributed by atoms with Crippen LogP contribution in [0.1, 0.15) is 45.8 Å². The number of hydrogen-bond acceptors (Lipinski definition) is 3. The van der Waals surface area contributed by atoms with E-state index in [1.165, 1.54) is 0 Å². The fourth-order valence-corrected chi connectivity index (χ4v) is 1.93. The number of nitriles is 1. The SMILES string of the molecule is CC(C)(C)[C@H](O)C[C@](C)(C#N)[C@H](O)c1ccccc1. The molecule has 0 spiro atoms. The summed E-state index contributed by atoms with van der Waals surface area (Å²) in [6.07, 6.45) is -1.31. The molecule has 3 atom stereocenters. The highest BCUT2D eigenvalue weighted by Gasteiger charge is 2.39. The summed E-state index contributed by atoms with van der Waals surface area (Å²) in [6, 6.07) is 11.3. The molecule has 2 N–H and O–H groups in total. The number of rotatable bonds is 4. The lowest BCUT2D eigenvalue weighted by atomic mass is 9.73. The Labute approximate surface area is 115 Å². The minimum atomic E-state index is -1.01. The highest BCUT2D eigenvalue weighted by molar-refractivity contribution is 5.22. The van der Waals surface area contributed by atoms with Crippen molar-refractivity contribution < 1.29 is 10.2 Å². The Balaban J connectivity index is 2.96. The van der Waals surface area contributed by atoms with E-state index in [0.29, 0.717) is 5.56 Å². The molecule has 0 aliphatic carbocycles. The van der Waals surface area contributed by atoms with Crippen molar-refractivity contribution in [2.45, 2.75) is 46.3 Å². The van der Waals surface area contributed by atoms with Crippen LogP contribution in [-0.4, -0.2) is 16.3 Å². The van der Waals surface area contributed by atoms with Gasteiger partial charge in [-0.05, 0) is 24.3 Å². The molecule has 0 radical (unpaired) electrons. The molecule has 0 saturated heterocycles. The van der Waals surface area contributed by atoms with E-state index in [0.717, 1.165) is 0 Å². The van der Waals surface area contributed by atoms with Crippen molar-refractivity contribution in [2.24, 2.45) is 10.8 Å². The Morgan fingerprint density at radius 1 is 1.11 bits per heavy atom. The van der Waals surface area contributed by atoms with Crippen molar-refractivity contribution in [1.29, 1.82) is 5.26 Å². The Hall–Kier alpha value is -1.37. The van der Waals surface area contributed by atoms with E-state index in [1.54, 1.807) is 19.1 Å². The van der Waals surface area contributed by atoms with E-state index in [2.05, 4.69) is 6.07 Å². The number of aliphatic hydroxyl groups is 2. The largest absolute Gasteiger partial charge is 0.393 e. The predicted octanol–water partition coefficient (Wildman–Crippen LogP) is 3.05. The quantitative estimate of drug-likeness (QED) is 0.875. The number of aliphatic hydroxyl groups excluding tert-OH is 2. The van der Waals surface area contributed by atoms with Crippen LogP contribution in [0.25, 0.3) is 0 Å². The van der Waals surface area contributed by atoms with E-state index < -0.39 is 17.6 Å². The first-order valence-corrected chi connectivity index (χ1v) is 6.53. The van der Waals surface area contributed by atoms with Crippen LogP contribution < -0.4 is 0 Å². The van der Waals surface area contributed by atoms with Gasteiger partial charge in [0.1, 0.15) is 0 Å². The normalized spacial score (nSPS) is 18.2. The van der Waals surface area contributed by atoms with Crippen LogP contribution in [0.5, 0.6) is 0 Å². The minimum Gasteiger partial charge on any atom is -0.393 e. The van der Waals surface area contributed by atoms with Gasteiger partial charge in [-0.2, -0.15) is 5.26 Å². The van der Waals surface area contributed by atoms with E-state index in [4.69, 9.17) is 0 Å². The molecule has 0 amide bonds. The highest BCUT2D eigenvalue weighted by atomic mass is 16.3. The van der Waals surface area contributed by atoms with Gasteiger partial charge in [-0.25, -0.2) is 0 Å². The summed E-state index contributed by atoms with van der Waals surface area (Å²) in [7, 11) is 0. The molecule has 0 unspecified atom stereocenters. The first kappa shape index (κ1) is 15.7. The molecule has 0 saturated carbocycles. The Kier molecular flexibility index (Phi) is 4.73. The molecule has 1 aromatic rings. The van der Waals surface area contributed by atoms with Crippen LogP contribution in [0.3, 0.4) is 0 Å². The van der Waals surface area contributed by atoms with Crippen molar-refractivity contribution >= 4 is 0 Å². The average Bonchev–Trinajstić information content (AvgIpc) is 2.37. The zero-order valence-corrected chi connectivity index (χ0v) is 12.1. The molecule has 104 valence electrons. The fourth-order valence-electron chi connectivity index (χ4n) is 1.93. The number of benzene rings is 1. The second-order valence-corrected chi connectivity index (χ2v) is 6.43. The molecule has 0 aliphatic heterocycles. The first-order valence-electron chi connectivity index (χ1n) is 6.53. The zero-order chi connectivity index (χ0) is 14.7. The molecular formula is C16H23NO2. The number of hydrogen-bond donors (Lipinski definition) is 2. The fraction of sp³-hybridized carbons (Fsp3) is 0.562. The van der Waals surface area contributed by atoms with Gasteiger partial charge < -0.3 is 10.2 Å². The smallest absolute Gasteiger partial charge is 0.0974 e. The van der Waals surface area contributed by atoms with Crippen LogP contribution in [0, 0.1) is 22.2 Å². The monoisotopic (exact) mass is 261 g/mol. The van der Waals surface area contributed by atoms with Gasteiger partial charge in [0.25, 0.3) is 0 Å². The van der Waals surface area contributed by atoms with Gasteiger partial charge in [0.2, 0.25) is 0 Å². The van der Waals surface area contributed by atoms with Gasteiger partial charge >= 0.3 is 0 Å². The van der Waals surface area contributed by atoms with Gasteiger partial charge in [-0.3, -0.25) is 0 Å². The maximum atomic E-state index is 10.4. The van der Waals surface area contributed by atoms with Crippen LogP contribution in [0.4, 0.5) is 0 Å². The molecular weight excluding hydrogens is 238 g/mol. The molecule has 0 fully saturated rings. The molecule has 19 heavy (non-hydrogen) atoms. The Morgan fingerprint density at radius 2 is 1.63 bits per heavy atom. The van der Waals surface area contributed by atoms with E-state index in [-0.39, 0.29) is 11.8 Å². The Morgan fingerprint density at radius 3 is 2.05 bits per heavy atom. The summed E-state index contributed by atoms with van der Waals surface area (Å²) in [5.41, 5.74) is -0.615. The van der Waals surface area contributed by atoms with Crippen LogP contribution in [0.2, 0.25) is 0 Å². The minimum absolute atomic E-state index is 0.239. The summed E-state index contributed by atoms with van der Waals surface area (Å²) >= 11 is 0. The third-order valence-corrected chi connectivity index (χ3v) is 3.59. The second-order valence-electron chi connectivity index (χ2n) is 6.43. The lowest BCUT2D eigenvalue weighted by molar-refractivity contribution is -0.0113. The lowest BCUT2D eigenvalue weighted by Crippen LogP contribution is -2.35. The van der Waals surface area contributed by atoms with Crippen LogP contribution in [0.15, 0.2) is 30.3 Å². The molecule has 1 aromatic carbocycles. The van der Waals surface area contributed by atoms with Crippen molar-refractivity contribution in [2.75, 3.05) is 0 Å².